The predicted octanol–water partition coefficient (Wildman–Crippen LogP) is 5.93. The lowest BCUT2D eigenvalue weighted by atomic mass is 9.94. The highest BCUT2D eigenvalue weighted by molar-refractivity contribution is 7.93. The molecule has 0 aliphatic heterocycles. The molecule has 1 saturated carbocycles. The number of alkyl halides is 3. The van der Waals surface area contributed by atoms with E-state index in [9.17, 15) is 31.2 Å². The monoisotopic (exact) mass is 543 g/mol. The van der Waals surface area contributed by atoms with Crippen LogP contribution in [0.1, 0.15) is 34.8 Å². The van der Waals surface area contributed by atoms with Crippen molar-refractivity contribution in [3.05, 3.63) is 107 Å². The molecule has 1 unspecified atom stereocenters. The number of ketones is 1. The molecule has 4 rings (SSSR count). The van der Waals surface area contributed by atoms with Crippen molar-refractivity contribution < 1.29 is 35.9 Å². The van der Waals surface area contributed by atoms with Crippen LogP contribution in [-0.2, 0) is 25.7 Å². The molecule has 0 amide bonds. The largest absolute Gasteiger partial charge is 0.465 e. The molecule has 0 spiro atoms. The molecule has 6 nitrogen and oxygen atoms in total. The van der Waals surface area contributed by atoms with Crippen LogP contribution in [0.3, 0.4) is 0 Å². The van der Waals surface area contributed by atoms with Gasteiger partial charge < -0.3 is 4.74 Å². The van der Waals surface area contributed by atoms with Crippen molar-refractivity contribution in [3.8, 4) is 0 Å². The summed E-state index contributed by atoms with van der Waals surface area (Å²) in [5, 5.41) is 0. The number of halogens is 3. The van der Waals surface area contributed by atoms with Crippen LogP contribution in [0.15, 0.2) is 95.5 Å². The zero-order chi connectivity index (χ0) is 27.7. The molecule has 1 atom stereocenters. The lowest BCUT2D eigenvalue weighted by Gasteiger charge is -2.22. The number of anilines is 1. The standard InChI is InChI=1S/C28H24F3NO5S/c1-3-37-26(34)27(25(33)20-7-5-4-6-8-20)17-22(27)18-32(23-13-11-21(12-14-23)28(29,30)31)38(35,36)24-15-9-19(2)10-16-24/h4-16,18H,3,17H2,1-2H3/b22-18+. The molecule has 198 valence electrons. The summed E-state index contributed by atoms with van der Waals surface area (Å²) < 4.78 is 72.8. The van der Waals surface area contributed by atoms with E-state index in [2.05, 4.69) is 0 Å². The van der Waals surface area contributed by atoms with E-state index in [1.165, 1.54) is 24.3 Å². The van der Waals surface area contributed by atoms with Gasteiger partial charge in [-0.05, 0) is 62.2 Å². The lowest BCUT2D eigenvalue weighted by Crippen LogP contribution is -2.30. The summed E-state index contributed by atoms with van der Waals surface area (Å²) in [6.07, 6.45) is -3.58. The number of esters is 1. The first-order valence-corrected chi connectivity index (χ1v) is 13.1. The fraction of sp³-hybridized carbons (Fsp3) is 0.214. The number of ether oxygens (including phenoxy) is 1. The molecular weight excluding hydrogens is 519 g/mol. The highest BCUT2D eigenvalue weighted by Gasteiger charge is 2.63. The second kappa shape index (κ2) is 10.1. The molecule has 0 N–H and O–H groups in total. The van der Waals surface area contributed by atoms with Crippen molar-refractivity contribution in [3.63, 3.8) is 0 Å². The fourth-order valence-electron chi connectivity index (χ4n) is 4.05. The minimum atomic E-state index is -4.62. The Bertz CT molecular complexity index is 1480. The third-order valence-electron chi connectivity index (χ3n) is 6.23. The first-order chi connectivity index (χ1) is 17.9. The van der Waals surface area contributed by atoms with Gasteiger partial charge in [-0.15, -0.1) is 0 Å². The first kappa shape index (κ1) is 27.1. The predicted molar refractivity (Wildman–Crippen MR) is 135 cm³/mol. The van der Waals surface area contributed by atoms with Crippen molar-refractivity contribution in [1.82, 2.24) is 0 Å². The van der Waals surface area contributed by atoms with E-state index in [4.69, 9.17) is 4.74 Å². The minimum absolute atomic E-state index is 0.000215. The summed E-state index contributed by atoms with van der Waals surface area (Å²) in [6, 6.07) is 17.6. The Labute approximate surface area is 218 Å². The van der Waals surface area contributed by atoms with E-state index in [-0.39, 0.29) is 34.7 Å². The van der Waals surface area contributed by atoms with Crippen LogP contribution in [0.2, 0.25) is 0 Å². The highest BCUT2D eigenvalue weighted by atomic mass is 32.2. The summed E-state index contributed by atoms with van der Waals surface area (Å²) in [7, 11) is -4.34. The van der Waals surface area contributed by atoms with Gasteiger partial charge in [0.2, 0.25) is 0 Å². The Morgan fingerprint density at radius 2 is 1.58 bits per heavy atom. The van der Waals surface area contributed by atoms with Crippen LogP contribution in [0.4, 0.5) is 18.9 Å². The Morgan fingerprint density at radius 1 is 0.974 bits per heavy atom. The minimum Gasteiger partial charge on any atom is -0.465 e. The zero-order valence-electron chi connectivity index (χ0n) is 20.5. The molecule has 0 bridgehead atoms. The van der Waals surface area contributed by atoms with Crippen molar-refractivity contribution in [2.75, 3.05) is 10.9 Å². The van der Waals surface area contributed by atoms with Gasteiger partial charge in [0.1, 0.15) is 0 Å². The quantitative estimate of drug-likeness (QED) is 0.200. The van der Waals surface area contributed by atoms with Crippen LogP contribution < -0.4 is 4.31 Å². The number of Topliss-reactive ketones (excluding diaryl/α,β-unsaturated/α-hetero) is 1. The normalized spacial score (nSPS) is 18.2. The van der Waals surface area contributed by atoms with Gasteiger partial charge in [0, 0.05) is 11.8 Å². The molecule has 1 aliphatic carbocycles. The summed E-state index contributed by atoms with van der Waals surface area (Å²) in [4.78, 5) is 26.3. The zero-order valence-corrected chi connectivity index (χ0v) is 21.3. The summed E-state index contributed by atoms with van der Waals surface area (Å²) >= 11 is 0. The van der Waals surface area contributed by atoms with Gasteiger partial charge >= 0.3 is 12.1 Å². The van der Waals surface area contributed by atoms with Gasteiger partial charge in [-0.1, -0.05) is 48.0 Å². The average molecular weight is 544 g/mol. The maximum atomic E-state index is 13.7. The molecule has 10 heteroatoms. The van der Waals surface area contributed by atoms with E-state index in [0.29, 0.717) is 0 Å². The summed E-state index contributed by atoms with van der Waals surface area (Å²) in [5.41, 5.74) is -1.56. The van der Waals surface area contributed by atoms with Crippen molar-refractivity contribution in [2.24, 2.45) is 5.41 Å². The number of hydrogen-bond donors (Lipinski definition) is 0. The number of benzene rings is 3. The molecule has 0 radical (unpaired) electrons. The molecule has 0 heterocycles. The molecule has 3 aromatic carbocycles. The Kier molecular flexibility index (Phi) is 7.20. The smallest absolute Gasteiger partial charge is 0.416 e. The number of carbonyl (C=O) groups is 2. The van der Waals surface area contributed by atoms with Crippen molar-refractivity contribution >= 4 is 27.5 Å². The van der Waals surface area contributed by atoms with E-state index >= 15 is 0 Å². The number of aryl methyl sites for hydroxylation is 1. The number of carbonyl (C=O) groups excluding carboxylic acids is 2. The van der Waals surface area contributed by atoms with E-state index in [0.717, 1.165) is 40.3 Å². The van der Waals surface area contributed by atoms with Crippen LogP contribution in [-0.4, -0.2) is 26.8 Å². The molecule has 0 saturated heterocycles. The highest BCUT2D eigenvalue weighted by Crippen LogP contribution is 2.56. The first-order valence-electron chi connectivity index (χ1n) is 11.7. The summed E-state index contributed by atoms with van der Waals surface area (Å²) in [6.45, 7) is 3.36. The van der Waals surface area contributed by atoms with Gasteiger partial charge in [0.15, 0.2) is 11.2 Å². The summed E-state index contributed by atoms with van der Waals surface area (Å²) in [5.74, 6) is -1.37. The number of sulfonamides is 1. The Balaban J connectivity index is 1.84. The molecule has 38 heavy (non-hydrogen) atoms. The van der Waals surface area contributed by atoms with E-state index in [1.807, 2.05) is 0 Å². The van der Waals surface area contributed by atoms with Gasteiger partial charge in [-0.2, -0.15) is 13.2 Å². The Morgan fingerprint density at radius 3 is 2.13 bits per heavy atom. The fourth-order valence-corrected chi connectivity index (χ4v) is 5.43. The van der Waals surface area contributed by atoms with Crippen LogP contribution >= 0.6 is 0 Å². The third-order valence-corrected chi connectivity index (χ3v) is 7.93. The van der Waals surface area contributed by atoms with Gasteiger partial charge in [0.05, 0.1) is 22.8 Å². The third kappa shape index (κ3) is 5.08. The number of rotatable bonds is 8. The molecular formula is C28H24F3NO5S. The SMILES string of the molecule is CCOC(=O)C1(C(=O)c2ccccc2)C/C1=C\N(c1ccc(C(F)(F)F)cc1)S(=O)(=O)c1ccc(C)cc1. The average Bonchev–Trinajstić information content (AvgIpc) is 3.62. The molecule has 1 aliphatic rings. The molecule has 0 aromatic heterocycles. The topological polar surface area (TPSA) is 80.8 Å². The van der Waals surface area contributed by atoms with Gasteiger partial charge in [-0.25, -0.2) is 12.7 Å². The maximum Gasteiger partial charge on any atom is 0.416 e. The van der Waals surface area contributed by atoms with E-state index in [1.54, 1.807) is 44.2 Å². The molecule has 3 aromatic rings. The van der Waals surface area contributed by atoms with Crippen LogP contribution in [0.5, 0.6) is 0 Å². The van der Waals surface area contributed by atoms with Crippen molar-refractivity contribution in [2.45, 2.75) is 31.3 Å². The van der Waals surface area contributed by atoms with Crippen LogP contribution in [0.25, 0.3) is 0 Å². The molecule has 1 fully saturated rings. The maximum absolute atomic E-state index is 13.7. The van der Waals surface area contributed by atoms with Crippen LogP contribution in [0, 0.1) is 12.3 Å². The number of nitrogens with zero attached hydrogens (tertiary/aromatic N) is 1. The van der Waals surface area contributed by atoms with E-state index < -0.39 is 38.9 Å². The van der Waals surface area contributed by atoms with Crippen molar-refractivity contribution in [1.29, 1.82) is 0 Å². The Hall–Kier alpha value is -3.92. The lowest BCUT2D eigenvalue weighted by molar-refractivity contribution is -0.147. The van der Waals surface area contributed by atoms with Gasteiger partial charge in [0.25, 0.3) is 10.0 Å². The second-order valence-electron chi connectivity index (χ2n) is 8.81. The second-order valence-corrected chi connectivity index (χ2v) is 10.6. The number of hydrogen-bond acceptors (Lipinski definition) is 5. The van der Waals surface area contributed by atoms with Gasteiger partial charge in [-0.3, -0.25) is 9.59 Å².